The molecule has 0 unspecified atom stereocenters. The molecule has 2 saturated heterocycles. The highest BCUT2D eigenvalue weighted by atomic mass is 79.9. The molecule has 7 nitrogen and oxygen atoms in total. The topological polar surface area (TPSA) is 87.7 Å². The molecule has 3 heterocycles. The minimum atomic E-state index is -1.19. The second kappa shape index (κ2) is 10.1. The summed E-state index contributed by atoms with van der Waals surface area (Å²) in [6.07, 6.45) is 8.29. The summed E-state index contributed by atoms with van der Waals surface area (Å²) in [7, 11) is 0. The van der Waals surface area contributed by atoms with Gasteiger partial charge in [-0.2, -0.15) is 0 Å². The van der Waals surface area contributed by atoms with Crippen molar-refractivity contribution in [2.75, 3.05) is 5.32 Å². The van der Waals surface area contributed by atoms with E-state index in [2.05, 4.69) is 26.6 Å². The first-order chi connectivity index (χ1) is 18.4. The number of hydrogen-bond acceptors (Lipinski definition) is 4. The fourth-order valence-corrected chi connectivity index (χ4v) is 6.90. The predicted octanol–water partition coefficient (Wildman–Crippen LogP) is 4.84. The van der Waals surface area contributed by atoms with Crippen LogP contribution in [-0.4, -0.2) is 46.4 Å². The smallest absolute Gasteiger partial charge is 0.246 e. The third kappa shape index (κ3) is 4.46. The van der Waals surface area contributed by atoms with Crippen LogP contribution in [0.1, 0.15) is 37.7 Å². The van der Waals surface area contributed by atoms with Gasteiger partial charge >= 0.3 is 0 Å². The Morgan fingerprint density at radius 2 is 1.74 bits per heavy atom. The summed E-state index contributed by atoms with van der Waals surface area (Å²) in [5, 5.41) is 6.76. The van der Waals surface area contributed by atoms with E-state index in [4.69, 9.17) is 16.3 Å². The van der Waals surface area contributed by atoms with E-state index >= 15 is 0 Å². The molecule has 2 N–H and O–H groups in total. The summed E-state index contributed by atoms with van der Waals surface area (Å²) in [6.45, 7) is 0.222. The Morgan fingerprint density at radius 1 is 1.03 bits per heavy atom. The van der Waals surface area contributed by atoms with Crippen molar-refractivity contribution in [3.63, 3.8) is 0 Å². The van der Waals surface area contributed by atoms with E-state index in [0.717, 1.165) is 35.7 Å². The minimum Gasteiger partial charge on any atom is -0.359 e. The highest BCUT2D eigenvalue weighted by Crippen LogP contribution is 2.55. The van der Waals surface area contributed by atoms with Crippen molar-refractivity contribution < 1.29 is 19.1 Å². The molecule has 5 atom stereocenters. The number of fused-ring (bicyclic) bond motifs is 1. The molecule has 0 radical (unpaired) electrons. The Bertz CT molecular complexity index is 1280. The van der Waals surface area contributed by atoms with Gasteiger partial charge in [-0.25, -0.2) is 0 Å². The van der Waals surface area contributed by atoms with E-state index in [-0.39, 0.29) is 30.3 Å². The summed E-state index contributed by atoms with van der Waals surface area (Å²) in [6, 6.07) is 13.7. The SMILES string of the molecule is O=C(Nc1ccc(Br)cc1)[C@@H]1[C@H]2C=C[C@]3(O2)[C@H](C(=O)NC2CCCCC2)N(Cc2ccc(Cl)cc2)C(=O)[C@@H]13. The molecule has 1 spiro atoms. The van der Waals surface area contributed by atoms with E-state index in [1.54, 1.807) is 29.2 Å². The van der Waals surface area contributed by atoms with Gasteiger partial charge in [0.2, 0.25) is 17.7 Å². The Labute approximate surface area is 235 Å². The van der Waals surface area contributed by atoms with Crippen LogP contribution in [0.15, 0.2) is 65.2 Å². The number of nitrogens with zero attached hydrogens (tertiary/aromatic N) is 1. The first kappa shape index (κ1) is 25.6. The Balaban J connectivity index is 1.32. The van der Waals surface area contributed by atoms with Crippen molar-refractivity contribution in [3.8, 4) is 0 Å². The number of amides is 3. The molecule has 4 aliphatic rings. The van der Waals surface area contributed by atoms with Crippen LogP contribution in [0.3, 0.4) is 0 Å². The van der Waals surface area contributed by atoms with Crippen molar-refractivity contribution in [2.24, 2.45) is 11.8 Å². The van der Waals surface area contributed by atoms with Gasteiger partial charge in [0.15, 0.2) is 0 Å². The highest BCUT2D eigenvalue weighted by Gasteiger charge is 2.72. The van der Waals surface area contributed by atoms with Gasteiger partial charge in [-0.3, -0.25) is 14.4 Å². The Kier molecular flexibility index (Phi) is 6.82. The number of carbonyl (C=O) groups excluding carboxylic acids is 3. The maximum Gasteiger partial charge on any atom is 0.246 e. The molecule has 1 saturated carbocycles. The van der Waals surface area contributed by atoms with Gasteiger partial charge in [-0.15, -0.1) is 0 Å². The molecule has 9 heteroatoms. The highest BCUT2D eigenvalue weighted by molar-refractivity contribution is 9.10. The van der Waals surface area contributed by atoms with Crippen LogP contribution < -0.4 is 10.6 Å². The fraction of sp³-hybridized carbons (Fsp3) is 0.414. The van der Waals surface area contributed by atoms with Crippen LogP contribution >= 0.6 is 27.5 Å². The number of nitrogens with one attached hydrogen (secondary N) is 2. The number of benzene rings is 2. The third-order valence-electron chi connectivity index (χ3n) is 8.25. The lowest BCUT2D eigenvalue weighted by Crippen LogP contribution is -2.56. The van der Waals surface area contributed by atoms with Gasteiger partial charge in [-0.1, -0.05) is 71.1 Å². The maximum atomic E-state index is 14.1. The number of anilines is 1. The van der Waals surface area contributed by atoms with E-state index in [0.29, 0.717) is 10.7 Å². The molecule has 2 bridgehead atoms. The van der Waals surface area contributed by atoms with Crippen molar-refractivity contribution in [2.45, 2.75) is 62.4 Å². The molecule has 2 aromatic carbocycles. The molecular formula is C29H29BrClN3O4. The quantitative estimate of drug-likeness (QED) is 0.466. The summed E-state index contributed by atoms with van der Waals surface area (Å²) in [5.74, 6) is -2.28. The zero-order chi connectivity index (χ0) is 26.4. The zero-order valence-electron chi connectivity index (χ0n) is 20.7. The minimum absolute atomic E-state index is 0.0817. The van der Waals surface area contributed by atoms with E-state index in [9.17, 15) is 14.4 Å². The average molecular weight is 599 g/mol. The lowest BCUT2D eigenvalue weighted by molar-refractivity contribution is -0.142. The monoisotopic (exact) mass is 597 g/mol. The van der Waals surface area contributed by atoms with Gasteiger partial charge in [0.25, 0.3) is 0 Å². The van der Waals surface area contributed by atoms with Gasteiger partial charge in [0, 0.05) is 27.8 Å². The maximum absolute atomic E-state index is 14.1. The number of rotatable bonds is 6. The molecule has 198 valence electrons. The molecule has 1 aliphatic carbocycles. The summed E-state index contributed by atoms with van der Waals surface area (Å²) in [4.78, 5) is 43.1. The van der Waals surface area contributed by atoms with Crippen LogP contribution in [0.5, 0.6) is 0 Å². The number of carbonyl (C=O) groups is 3. The lowest BCUT2D eigenvalue weighted by Gasteiger charge is -2.34. The number of halogens is 2. The molecule has 38 heavy (non-hydrogen) atoms. The third-order valence-corrected chi connectivity index (χ3v) is 9.04. The van der Waals surface area contributed by atoms with Crippen LogP contribution in [0, 0.1) is 11.8 Å². The van der Waals surface area contributed by atoms with E-state index in [1.165, 1.54) is 6.42 Å². The molecule has 2 aromatic rings. The fourth-order valence-electron chi connectivity index (χ4n) is 6.51. The van der Waals surface area contributed by atoms with Crippen molar-refractivity contribution in [3.05, 3.63) is 75.7 Å². The first-order valence-corrected chi connectivity index (χ1v) is 14.3. The summed E-state index contributed by atoms with van der Waals surface area (Å²) in [5.41, 5.74) is 0.298. The Morgan fingerprint density at radius 3 is 2.45 bits per heavy atom. The second-order valence-electron chi connectivity index (χ2n) is 10.6. The summed E-state index contributed by atoms with van der Waals surface area (Å²) < 4.78 is 7.33. The molecular weight excluding hydrogens is 570 g/mol. The van der Waals surface area contributed by atoms with Gasteiger partial charge in [0.05, 0.1) is 17.9 Å². The Hall–Kier alpha value is -2.68. The van der Waals surface area contributed by atoms with E-state index in [1.807, 2.05) is 36.4 Å². The normalized spacial score (nSPS) is 29.9. The molecule has 3 amide bonds. The van der Waals surface area contributed by atoms with Crippen LogP contribution in [-0.2, 0) is 25.7 Å². The van der Waals surface area contributed by atoms with Gasteiger partial charge in [-0.05, 0) is 54.8 Å². The second-order valence-corrected chi connectivity index (χ2v) is 12.0. The largest absolute Gasteiger partial charge is 0.359 e. The average Bonchev–Trinajstić information content (AvgIpc) is 3.55. The molecule has 0 aromatic heterocycles. The number of likely N-dealkylation sites (tertiary alicyclic amines) is 1. The van der Waals surface area contributed by atoms with Crippen LogP contribution in [0.2, 0.25) is 5.02 Å². The van der Waals surface area contributed by atoms with Crippen LogP contribution in [0.25, 0.3) is 0 Å². The van der Waals surface area contributed by atoms with Gasteiger partial charge < -0.3 is 20.3 Å². The number of ether oxygens (including phenoxy) is 1. The molecule has 6 rings (SSSR count). The van der Waals surface area contributed by atoms with Crippen molar-refractivity contribution >= 4 is 50.9 Å². The van der Waals surface area contributed by atoms with Gasteiger partial charge in [0.1, 0.15) is 11.6 Å². The van der Waals surface area contributed by atoms with E-state index < -0.39 is 29.6 Å². The van der Waals surface area contributed by atoms with Crippen LogP contribution in [0.4, 0.5) is 5.69 Å². The zero-order valence-corrected chi connectivity index (χ0v) is 23.1. The standard InChI is InChI=1S/C29H29BrClN3O4/c30-18-8-12-21(13-9-18)32-26(35)23-22-14-15-29(38-22)24(23)28(37)34(16-17-6-10-19(31)11-7-17)25(29)27(36)33-20-4-2-1-3-5-20/h6-15,20,22-25H,1-5,16H2,(H,32,35)(H,33,36)/t22-,23-,24-,25+,29-/m1/s1. The summed E-state index contributed by atoms with van der Waals surface area (Å²) >= 11 is 9.49. The lowest BCUT2D eigenvalue weighted by atomic mass is 9.74. The predicted molar refractivity (Wildman–Crippen MR) is 147 cm³/mol. The van der Waals surface area contributed by atoms with Crippen molar-refractivity contribution in [1.82, 2.24) is 10.2 Å². The van der Waals surface area contributed by atoms with Crippen molar-refractivity contribution in [1.29, 1.82) is 0 Å². The molecule has 3 aliphatic heterocycles. The molecule has 3 fully saturated rings. The number of hydrogen-bond donors (Lipinski definition) is 2. The first-order valence-electron chi connectivity index (χ1n) is 13.1.